The van der Waals surface area contributed by atoms with Crippen molar-refractivity contribution in [2.24, 2.45) is 5.92 Å². The first-order chi connectivity index (χ1) is 14.7. The lowest BCUT2D eigenvalue weighted by atomic mass is 9.88. The molecule has 0 spiro atoms. The summed E-state index contributed by atoms with van der Waals surface area (Å²) in [4.78, 5) is 13.5. The maximum absolute atomic E-state index is 13.3. The van der Waals surface area contributed by atoms with Gasteiger partial charge in [-0.1, -0.05) is 82.2 Å². The van der Waals surface area contributed by atoms with Crippen LogP contribution in [0, 0.1) is 12.8 Å². The summed E-state index contributed by atoms with van der Waals surface area (Å²) in [5.74, 6) is 0.273. The second kappa shape index (κ2) is 11.4. The lowest BCUT2D eigenvalue weighted by molar-refractivity contribution is 0.102. The molecule has 31 heavy (non-hydrogen) atoms. The van der Waals surface area contributed by atoms with Crippen LogP contribution < -0.4 is 4.72 Å². The van der Waals surface area contributed by atoms with Crippen LogP contribution in [0.2, 0.25) is 0 Å². The van der Waals surface area contributed by atoms with Crippen LogP contribution >= 0.6 is 0 Å². The third kappa shape index (κ3) is 6.62. The highest BCUT2D eigenvalue weighted by Gasteiger charge is 2.26. The molecule has 0 bridgehead atoms. The first kappa shape index (κ1) is 25.0. The molecule has 0 aliphatic rings. The first-order valence-corrected chi connectivity index (χ1v) is 12.6. The fraction of sp³-hybridized carbons (Fsp3) is 0.423. The molecule has 2 aromatic carbocycles. The van der Waals surface area contributed by atoms with Gasteiger partial charge in [-0.25, -0.2) is 13.1 Å². The Balaban J connectivity index is 2.51. The van der Waals surface area contributed by atoms with Crippen LogP contribution in [0.4, 0.5) is 0 Å². The van der Waals surface area contributed by atoms with Crippen molar-refractivity contribution < 1.29 is 13.2 Å². The number of hydrogen-bond acceptors (Lipinski definition) is 3. The van der Waals surface area contributed by atoms with Gasteiger partial charge in [-0.05, 0) is 55.4 Å². The number of rotatable bonds is 11. The summed E-state index contributed by atoms with van der Waals surface area (Å²) in [5.41, 5.74) is 3.07. The normalized spacial score (nSPS) is 14.3. The maximum atomic E-state index is 13.3. The standard InChI is InChI=1S/C26H35NO3S/c1-6-11-21(8-3)26(28)24-13-10-9-12-23(24)25(18-19(4)7-2)27-31(29,30)22-16-14-20(5)15-17-22/h9-17,19,25,27H,6-8,18H2,1-5H3/b21-11+. The number of benzene rings is 2. The van der Waals surface area contributed by atoms with E-state index >= 15 is 0 Å². The van der Waals surface area contributed by atoms with E-state index in [9.17, 15) is 13.2 Å². The SMILES string of the molecule is CC/C=C(\CC)C(=O)c1ccccc1C(CC(C)CC)NS(=O)(=O)c1ccc(C)cc1. The third-order valence-electron chi connectivity index (χ3n) is 5.67. The van der Waals surface area contributed by atoms with E-state index in [0.717, 1.165) is 29.5 Å². The summed E-state index contributed by atoms with van der Waals surface area (Å²) in [6.07, 6.45) is 4.93. The maximum Gasteiger partial charge on any atom is 0.241 e. The van der Waals surface area contributed by atoms with Crippen molar-refractivity contribution in [3.05, 3.63) is 76.9 Å². The number of aryl methyl sites for hydroxylation is 1. The van der Waals surface area contributed by atoms with Crippen molar-refractivity contribution >= 4 is 15.8 Å². The van der Waals surface area contributed by atoms with E-state index in [1.54, 1.807) is 30.3 Å². The number of ketones is 1. The van der Waals surface area contributed by atoms with Gasteiger partial charge in [-0.15, -0.1) is 0 Å². The van der Waals surface area contributed by atoms with E-state index in [2.05, 4.69) is 18.6 Å². The zero-order valence-corrected chi connectivity index (χ0v) is 20.1. The predicted octanol–water partition coefficient (Wildman–Crippen LogP) is 6.38. The van der Waals surface area contributed by atoms with Crippen molar-refractivity contribution in [1.29, 1.82) is 0 Å². The Morgan fingerprint density at radius 3 is 2.26 bits per heavy atom. The fourth-order valence-electron chi connectivity index (χ4n) is 3.60. The van der Waals surface area contributed by atoms with Gasteiger partial charge in [0.2, 0.25) is 10.0 Å². The van der Waals surface area contributed by atoms with Crippen molar-refractivity contribution in [2.75, 3.05) is 0 Å². The number of sulfonamides is 1. The van der Waals surface area contributed by atoms with Gasteiger partial charge >= 0.3 is 0 Å². The van der Waals surface area contributed by atoms with Gasteiger partial charge in [0.05, 0.1) is 4.90 Å². The number of carbonyl (C=O) groups excluding carboxylic acids is 1. The van der Waals surface area contributed by atoms with Gasteiger partial charge in [0, 0.05) is 11.6 Å². The third-order valence-corrected chi connectivity index (χ3v) is 7.16. The molecule has 1 N–H and O–H groups in total. The molecule has 2 aromatic rings. The lowest BCUT2D eigenvalue weighted by Crippen LogP contribution is -2.31. The molecule has 168 valence electrons. The van der Waals surface area contributed by atoms with Crippen LogP contribution in [0.15, 0.2) is 65.1 Å². The summed E-state index contributed by atoms with van der Waals surface area (Å²) >= 11 is 0. The van der Waals surface area contributed by atoms with Crippen molar-refractivity contribution in [1.82, 2.24) is 4.72 Å². The largest absolute Gasteiger partial charge is 0.289 e. The highest BCUT2D eigenvalue weighted by atomic mass is 32.2. The molecule has 0 saturated carbocycles. The number of hydrogen-bond donors (Lipinski definition) is 1. The van der Waals surface area contributed by atoms with Gasteiger partial charge < -0.3 is 0 Å². The van der Waals surface area contributed by atoms with Crippen molar-refractivity contribution in [3.8, 4) is 0 Å². The highest BCUT2D eigenvalue weighted by Crippen LogP contribution is 2.29. The van der Waals surface area contributed by atoms with E-state index in [1.165, 1.54) is 0 Å². The van der Waals surface area contributed by atoms with E-state index in [1.807, 2.05) is 45.0 Å². The average molecular weight is 442 g/mol. The van der Waals surface area contributed by atoms with E-state index < -0.39 is 16.1 Å². The average Bonchev–Trinajstić information content (AvgIpc) is 2.76. The molecule has 0 saturated heterocycles. The molecule has 5 heteroatoms. The molecule has 0 aromatic heterocycles. The molecule has 4 nitrogen and oxygen atoms in total. The fourth-order valence-corrected chi connectivity index (χ4v) is 4.83. The van der Waals surface area contributed by atoms with E-state index in [0.29, 0.717) is 24.3 Å². The molecule has 0 radical (unpaired) electrons. The Kier molecular flexibility index (Phi) is 9.20. The Bertz CT molecular complexity index is 1010. The van der Waals surface area contributed by atoms with Crippen LogP contribution in [0.5, 0.6) is 0 Å². The Hall–Kier alpha value is -2.24. The monoisotopic (exact) mass is 441 g/mol. The van der Waals surface area contributed by atoms with Crippen LogP contribution in [0.1, 0.15) is 80.9 Å². The Morgan fingerprint density at radius 2 is 1.68 bits per heavy atom. The number of Topliss-reactive ketones (excluding diaryl/α,β-unsaturated/α-hetero) is 1. The highest BCUT2D eigenvalue weighted by molar-refractivity contribution is 7.89. The molecular formula is C26H35NO3S. The summed E-state index contributed by atoms with van der Waals surface area (Å²) in [6.45, 7) is 10.1. The number of carbonyl (C=O) groups is 1. The lowest BCUT2D eigenvalue weighted by Gasteiger charge is -2.24. The van der Waals surface area contributed by atoms with Crippen LogP contribution in [-0.4, -0.2) is 14.2 Å². The Labute approximate surface area is 187 Å². The minimum atomic E-state index is -3.73. The molecule has 0 heterocycles. The minimum Gasteiger partial charge on any atom is -0.289 e. The second-order valence-electron chi connectivity index (χ2n) is 8.14. The van der Waals surface area contributed by atoms with Gasteiger partial charge in [-0.3, -0.25) is 4.79 Å². The molecule has 0 aliphatic heterocycles. The van der Waals surface area contributed by atoms with E-state index in [-0.39, 0.29) is 10.7 Å². The number of nitrogens with one attached hydrogen (secondary N) is 1. The van der Waals surface area contributed by atoms with Crippen LogP contribution in [-0.2, 0) is 10.0 Å². The topological polar surface area (TPSA) is 63.2 Å². The molecule has 0 aliphatic carbocycles. The van der Waals surface area contributed by atoms with Crippen LogP contribution in [0.3, 0.4) is 0 Å². The summed E-state index contributed by atoms with van der Waals surface area (Å²) in [5, 5.41) is 0. The van der Waals surface area contributed by atoms with Gasteiger partial charge in [0.1, 0.15) is 0 Å². The molecule has 2 unspecified atom stereocenters. The van der Waals surface area contributed by atoms with Crippen molar-refractivity contribution in [2.45, 2.75) is 71.2 Å². The zero-order chi connectivity index (χ0) is 23.0. The van der Waals surface area contributed by atoms with Crippen molar-refractivity contribution in [3.63, 3.8) is 0 Å². The second-order valence-corrected chi connectivity index (χ2v) is 9.86. The Morgan fingerprint density at radius 1 is 1.03 bits per heavy atom. The molecule has 0 amide bonds. The minimum absolute atomic E-state index is 0.0244. The summed E-state index contributed by atoms with van der Waals surface area (Å²) in [7, 11) is -3.73. The van der Waals surface area contributed by atoms with Gasteiger partial charge in [-0.2, -0.15) is 0 Å². The van der Waals surface area contributed by atoms with Gasteiger partial charge in [0.25, 0.3) is 0 Å². The number of allylic oxidation sites excluding steroid dienone is 2. The van der Waals surface area contributed by atoms with Crippen LogP contribution in [0.25, 0.3) is 0 Å². The smallest absolute Gasteiger partial charge is 0.241 e. The summed E-state index contributed by atoms with van der Waals surface area (Å²) in [6, 6.07) is 13.7. The zero-order valence-electron chi connectivity index (χ0n) is 19.3. The predicted molar refractivity (Wildman–Crippen MR) is 128 cm³/mol. The van der Waals surface area contributed by atoms with Gasteiger partial charge in [0.15, 0.2) is 5.78 Å². The molecule has 2 rings (SSSR count). The first-order valence-electron chi connectivity index (χ1n) is 11.1. The molecular weight excluding hydrogens is 406 g/mol. The quantitative estimate of drug-likeness (QED) is 0.325. The molecule has 0 fully saturated rings. The molecule has 2 atom stereocenters. The van der Waals surface area contributed by atoms with E-state index in [4.69, 9.17) is 0 Å². The summed E-state index contributed by atoms with van der Waals surface area (Å²) < 4.78 is 29.2.